The topological polar surface area (TPSA) is 78.4 Å². The molecule has 5 heteroatoms. The van der Waals surface area contributed by atoms with Crippen LogP contribution in [0.5, 0.6) is 0 Å². The number of hydrogen-bond donors (Lipinski definition) is 3. The number of para-hydroxylation sites is 1. The van der Waals surface area contributed by atoms with Gasteiger partial charge in [-0.05, 0) is 60.0 Å². The quantitative estimate of drug-likeness (QED) is 0.554. The average molecular weight is 374 g/mol. The molecule has 3 N–H and O–H groups in total. The average Bonchev–Trinajstić information content (AvgIpc) is 2.73. The first-order valence-electron chi connectivity index (χ1n) is 9.12. The van der Waals surface area contributed by atoms with Gasteiger partial charge in [-0.2, -0.15) is 0 Å². The molecule has 3 rings (SSSR count). The second-order valence-corrected chi connectivity index (χ2v) is 6.40. The SMILES string of the molecule is CCc1ccccc1NCc1cccc(C(=O)Nc2ccc(C(=O)O)cc2)c1. The van der Waals surface area contributed by atoms with Gasteiger partial charge in [-0.25, -0.2) is 4.79 Å². The van der Waals surface area contributed by atoms with Crippen molar-refractivity contribution in [2.24, 2.45) is 0 Å². The molecule has 0 bridgehead atoms. The number of amides is 1. The number of carboxylic acids is 1. The molecule has 3 aromatic rings. The van der Waals surface area contributed by atoms with Gasteiger partial charge in [-0.1, -0.05) is 37.3 Å². The zero-order valence-electron chi connectivity index (χ0n) is 15.6. The van der Waals surface area contributed by atoms with E-state index in [1.807, 2.05) is 30.3 Å². The van der Waals surface area contributed by atoms with Gasteiger partial charge >= 0.3 is 5.97 Å². The lowest BCUT2D eigenvalue weighted by molar-refractivity contribution is 0.0696. The fraction of sp³-hybridized carbons (Fsp3) is 0.130. The number of carboxylic acid groups (broad SMARTS) is 1. The van der Waals surface area contributed by atoms with Gasteiger partial charge in [0.2, 0.25) is 0 Å². The summed E-state index contributed by atoms with van der Waals surface area (Å²) in [4.78, 5) is 23.4. The predicted molar refractivity (Wildman–Crippen MR) is 111 cm³/mol. The van der Waals surface area contributed by atoms with Gasteiger partial charge < -0.3 is 15.7 Å². The Bertz CT molecular complexity index is 981. The highest BCUT2D eigenvalue weighted by molar-refractivity contribution is 6.04. The molecule has 0 aromatic heterocycles. The summed E-state index contributed by atoms with van der Waals surface area (Å²) in [6.07, 6.45) is 0.951. The lowest BCUT2D eigenvalue weighted by Crippen LogP contribution is -2.12. The number of hydrogen-bond acceptors (Lipinski definition) is 3. The molecule has 1 amide bonds. The number of rotatable bonds is 7. The molecule has 0 radical (unpaired) electrons. The number of nitrogens with one attached hydrogen (secondary N) is 2. The summed E-state index contributed by atoms with van der Waals surface area (Å²) in [6, 6.07) is 21.7. The van der Waals surface area contributed by atoms with E-state index in [1.54, 1.807) is 18.2 Å². The molecule has 0 unspecified atom stereocenters. The van der Waals surface area contributed by atoms with Crippen LogP contribution < -0.4 is 10.6 Å². The fourth-order valence-electron chi connectivity index (χ4n) is 2.92. The van der Waals surface area contributed by atoms with Gasteiger partial charge in [0.15, 0.2) is 0 Å². The minimum Gasteiger partial charge on any atom is -0.478 e. The van der Waals surface area contributed by atoms with Crippen molar-refractivity contribution >= 4 is 23.3 Å². The minimum absolute atomic E-state index is 0.179. The summed E-state index contributed by atoms with van der Waals surface area (Å²) < 4.78 is 0. The Morgan fingerprint density at radius 2 is 1.64 bits per heavy atom. The second kappa shape index (κ2) is 8.86. The third kappa shape index (κ3) is 4.76. The first kappa shape index (κ1) is 19.2. The number of carbonyl (C=O) groups is 2. The molecular formula is C23H22N2O3. The van der Waals surface area contributed by atoms with E-state index in [1.165, 1.54) is 17.7 Å². The molecule has 0 fully saturated rings. The molecule has 0 spiro atoms. The molecule has 3 aromatic carbocycles. The minimum atomic E-state index is -0.997. The number of aryl methyl sites for hydroxylation is 1. The largest absolute Gasteiger partial charge is 0.478 e. The smallest absolute Gasteiger partial charge is 0.335 e. The van der Waals surface area contributed by atoms with Gasteiger partial charge in [-0.3, -0.25) is 4.79 Å². The Morgan fingerprint density at radius 3 is 2.36 bits per heavy atom. The Hall–Kier alpha value is -3.60. The molecule has 0 atom stereocenters. The number of carbonyl (C=O) groups excluding carboxylic acids is 1. The van der Waals surface area contributed by atoms with Crippen molar-refractivity contribution < 1.29 is 14.7 Å². The Labute approximate surface area is 164 Å². The molecule has 0 aliphatic rings. The van der Waals surface area contributed by atoms with Crippen LogP contribution >= 0.6 is 0 Å². The van der Waals surface area contributed by atoms with Gasteiger partial charge in [0.1, 0.15) is 0 Å². The third-order valence-electron chi connectivity index (χ3n) is 4.46. The van der Waals surface area contributed by atoms with Crippen molar-refractivity contribution in [1.29, 1.82) is 0 Å². The molecule has 0 aliphatic heterocycles. The first-order valence-corrected chi connectivity index (χ1v) is 9.12. The van der Waals surface area contributed by atoms with Crippen LogP contribution in [-0.2, 0) is 13.0 Å². The zero-order chi connectivity index (χ0) is 19.9. The van der Waals surface area contributed by atoms with Crippen LogP contribution in [0.2, 0.25) is 0 Å². The molecule has 5 nitrogen and oxygen atoms in total. The maximum atomic E-state index is 12.5. The van der Waals surface area contributed by atoms with Gasteiger partial charge in [0, 0.05) is 23.5 Å². The molecule has 0 aliphatic carbocycles. The van der Waals surface area contributed by atoms with Crippen molar-refractivity contribution in [3.05, 3.63) is 95.1 Å². The van der Waals surface area contributed by atoms with Crippen LogP contribution in [0.3, 0.4) is 0 Å². The van der Waals surface area contributed by atoms with Crippen molar-refractivity contribution in [1.82, 2.24) is 0 Å². The summed E-state index contributed by atoms with van der Waals surface area (Å²) in [5.41, 5.74) is 4.62. The summed E-state index contributed by atoms with van der Waals surface area (Å²) in [5.74, 6) is -1.23. The van der Waals surface area contributed by atoms with Crippen molar-refractivity contribution in [3.63, 3.8) is 0 Å². The van der Waals surface area contributed by atoms with Crippen LogP contribution in [0, 0.1) is 0 Å². The summed E-state index contributed by atoms with van der Waals surface area (Å²) in [6.45, 7) is 2.74. The number of aromatic carboxylic acids is 1. The van der Waals surface area contributed by atoms with Gasteiger partial charge in [0.05, 0.1) is 5.56 Å². The van der Waals surface area contributed by atoms with Crippen molar-refractivity contribution in [2.75, 3.05) is 10.6 Å². The third-order valence-corrected chi connectivity index (χ3v) is 4.46. The summed E-state index contributed by atoms with van der Waals surface area (Å²) in [7, 11) is 0. The molecular weight excluding hydrogens is 352 g/mol. The van der Waals surface area contributed by atoms with Gasteiger partial charge in [-0.15, -0.1) is 0 Å². The fourth-order valence-corrected chi connectivity index (χ4v) is 2.92. The van der Waals surface area contributed by atoms with E-state index >= 15 is 0 Å². The molecule has 0 saturated heterocycles. The van der Waals surface area contributed by atoms with Crippen LogP contribution in [0.1, 0.15) is 38.8 Å². The number of anilines is 2. The summed E-state index contributed by atoms with van der Waals surface area (Å²) >= 11 is 0. The van der Waals surface area contributed by atoms with Crippen LogP contribution in [0.25, 0.3) is 0 Å². The molecule has 0 saturated carbocycles. The Morgan fingerprint density at radius 1 is 0.893 bits per heavy atom. The van der Waals surface area contributed by atoms with E-state index in [-0.39, 0.29) is 11.5 Å². The Kier molecular flexibility index (Phi) is 6.07. The Balaban J connectivity index is 1.66. The summed E-state index contributed by atoms with van der Waals surface area (Å²) in [5, 5.41) is 15.2. The van der Waals surface area contributed by atoms with Crippen molar-refractivity contribution in [3.8, 4) is 0 Å². The zero-order valence-corrected chi connectivity index (χ0v) is 15.6. The highest BCUT2D eigenvalue weighted by Crippen LogP contribution is 2.17. The number of benzene rings is 3. The normalized spacial score (nSPS) is 10.3. The molecule has 142 valence electrons. The second-order valence-electron chi connectivity index (χ2n) is 6.40. The van der Waals surface area contributed by atoms with E-state index < -0.39 is 5.97 Å². The molecule has 28 heavy (non-hydrogen) atoms. The maximum Gasteiger partial charge on any atom is 0.335 e. The lowest BCUT2D eigenvalue weighted by Gasteiger charge is -2.12. The van der Waals surface area contributed by atoms with Crippen molar-refractivity contribution in [2.45, 2.75) is 19.9 Å². The molecule has 0 heterocycles. The van der Waals surface area contributed by atoms with Gasteiger partial charge in [0.25, 0.3) is 5.91 Å². The monoisotopic (exact) mass is 374 g/mol. The van der Waals surface area contributed by atoms with Crippen LogP contribution in [0.15, 0.2) is 72.8 Å². The standard InChI is InChI=1S/C23H22N2O3/c1-2-17-7-3-4-9-21(17)24-15-16-6-5-8-19(14-16)22(26)25-20-12-10-18(11-13-20)23(27)28/h3-14,24H,2,15H2,1H3,(H,25,26)(H,27,28). The highest BCUT2D eigenvalue weighted by Gasteiger charge is 2.08. The van der Waals surface area contributed by atoms with E-state index in [0.29, 0.717) is 17.8 Å². The maximum absolute atomic E-state index is 12.5. The van der Waals surface area contributed by atoms with E-state index in [4.69, 9.17) is 5.11 Å². The van der Waals surface area contributed by atoms with E-state index in [9.17, 15) is 9.59 Å². The lowest BCUT2D eigenvalue weighted by atomic mass is 10.1. The van der Waals surface area contributed by atoms with Crippen LogP contribution in [-0.4, -0.2) is 17.0 Å². The van der Waals surface area contributed by atoms with Crippen LogP contribution in [0.4, 0.5) is 11.4 Å². The highest BCUT2D eigenvalue weighted by atomic mass is 16.4. The van der Waals surface area contributed by atoms with E-state index in [2.05, 4.69) is 29.7 Å². The van der Waals surface area contributed by atoms with E-state index in [0.717, 1.165) is 17.7 Å². The predicted octanol–water partition coefficient (Wildman–Crippen LogP) is 4.81. The first-order chi connectivity index (χ1) is 13.6.